The number of hydrogen-bond acceptors (Lipinski definition) is 3. The Labute approximate surface area is 179 Å². The van der Waals surface area contributed by atoms with Gasteiger partial charge >= 0.3 is 0 Å². The van der Waals surface area contributed by atoms with Crippen LogP contribution in [0.5, 0.6) is 0 Å². The number of amides is 1. The zero-order valence-corrected chi connectivity index (χ0v) is 19.1. The zero-order chi connectivity index (χ0) is 18.2. The van der Waals surface area contributed by atoms with Crippen LogP contribution in [0.25, 0.3) is 0 Å². The quantitative estimate of drug-likeness (QED) is 0.323. The van der Waals surface area contributed by atoms with Gasteiger partial charge in [-0.2, -0.15) is 0 Å². The van der Waals surface area contributed by atoms with Gasteiger partial charge in [-0.25, -0.2) is 4.99 Å². The molecule has 2 heterocycles. The minimum absolute atomic E-state index is 0. The maximum Gasteiger partial charge on any atom is 0.242 e. The van der Waals surface area contributed by atoms with Gasteiger partial charge in [0, 0.05) is 37.0 Å². The van der Waals surface area contributed by atoms with Gasteiger partial charge in [0.2, 0.25) is 5.91 Å². The van der Waals surface area contributed by atoms with Crippen LogP contribution in [0.15, 0.2) is 44.5 Å². The number of halogens is 2. The van der Waals surface area contributed by atoms with E-state index in [2.05, 4.69) is 42.2 Å². The fraction of sp³-hybridized carbons (Fsp3) is 0.412. The summed E-state index contributed by atoms with van der Waals surface area (Å²) >= 11 is 3.48. The number of guanidine groups is 1. The predicted molar refractivity (Wildman–Crippen MR) is 117 cm³/mol. The van der Waals surface area contributed by atoms with Gasteiger partial charge < -0.3 is 24.5 Å². The standard InChI is InChI=1S/C17H24BrN5O2.HI/c1-4-19-17(23(3)12-14-8-13(18)11-22(14)2)21-10-16(24)20-9-15-6-5-7-25-15;/h5-8,11H,4,9-10,12H2,1-3H3,(H,19,21)(H,20,24);1H. The van der Waals surface area contributed by atoms with E-state index >= 15 is 0 Å². The molecule has 0 unspecified atom stereocenters. The molecular weight excluding hydrogens is 513 g/mol. The van der Waals surface area contributed by atoms with Crippen molar-refractivity contribution in [2.75, 3.05) is 20.1 Å². The van der Waals surface area contributed by atoms with Crippen LogP contribution < -0.4 is 10.6 Å². The third-order valence-corrected chi connectivity index (χ3v) is 4.02. The summed E-state index contributed by atoms with van der Waals surface area (Å²) in [5.74, 6) is 1.26. The molecule has 2 aromatic rings. The number of carbonyl (C=O) groups excluding carboxylic acids is 1. The highest BCUT2D eigenvalue weighted by Gasteiger charge is 2.10. The van der Waals surface area contributed by atoms with Crippen molar-refractivity contribution in [2.24, 2.45) is 12.0 Å². The van der Waals surface area contributed by atoms with Gasteiger partial charge in [0.05, 0.1) is 19.4 Å². The molecule has 0 atom stereocenters. The van der Waals surface area contributed by atoms with E-state index in [4.69, 9.17) is 4.42 Å². The summed E-state index contributed by atoms with van der Waals surface area (Å²) in [6, 6.07) is 5.68. The van der Waals surface area contributed by atoms with Crippen LogP contribution in [0.3, 0.4) is 0 Å². The van der Waals surface area contributed by atoms with Gasteiger partial charge in [-0.3, -0.25) is 4.79 Å². The molecule has 9 heteroatoms. The third kappa shape index (κ3) is 7.02. The number of aryl methyl sites for hydroxylation is 1. The molecule has 0 fully saturated rings. The van der Waals surface area contributed by atoms with E-state index in [9.17, 15) is 4.79 Å². The molecule has 0 saturated carbocycles. The van der Waals surface area contributed by atoms with E-state index in [0.717, 1.165) is 22.5 Å². The summed E-state index contributed by atoms with van der Waals surface area (Å²) < 4.78 is 8.28. The summed E-state index contributed by atoms with van der Waals surface area (Å²) in [6.45, 7) is 3.84. The van der Waals surface area contributed by atoms with E-state index in [1.165, 1.54) is 0 Å². The molecule has 0 aromatic carbocycles. The first-order chi connectivity index (χ1) is 12.0. The van der Waals surface area contributed by atoms with Crippen molar-refractivity contribution in [2.45, 2.75) is 20.0 Å². The SMILES string of the molecule is CCNC(=NCC(=O)NCc1ccco1)N(C)Cc1cc(Br)cn1C.I. The van der Waals surface area contributed by atoms with E-state index in [1.807, 2.05) is 38.2 Å². The highest BCUT2D eigenvalue weighted by molar-refractivity contribution is 14.0. The molecule has 0 aliphatic rings. The Morgan fingerprint density at radius 2 is 2.19 bits per heavy atom. The average molecular weight is 538 g/mol. The zero-order valence-electron chi connectivity index (χ0n) is 15.2. The maximum atomic E-state index is 12.0. The van der Waals surface area contributed by atoms with Crippen molar-refractivity contribution in [3.63, 3.8) is 0 Å². The number of hydrogen-bond donors (Lipinski definition) is 2. The van der Waals surface area contributed by atoms with Crippen LogP contribution in [0.1, 0.15) is 18.4 Å². The lowest BCUT2D eigenvalue weighted by Crippen LogP contribution is -2.39. The lowest BCUT2D eigenvalue weighted by atomic mass is 10.4. The topological polar surface area (TPSA) is 74.8 Å². The van der Waals surface area contributed by atoms with Gasteiger partial charge in [-0.15, -0.1) is 24.0 Å². The maximum absolute atomic E-state index is 12.0. The van der Waals surface area contributed by atoms with Gasteiger partial charge in [-0.05, 0) is 41.1 Å². The molecule has 1 amide bonds. The second-order valence-electron chi connectivity index (χ2n) is 5.64. The molecule has 7 nitrogen and oxygen atoms in total. The minimum Gasteiger partial charge on any atom is -0.467 e. The van der Waals surface area contributed by atoms with E-state index in [0.29, 0.717) is 19.0 Å². The summed E-state index contributed by atoms with van der Waals surface area (Å²) in [5, 5.41) is 6.00. The number of aromatic nitrogens is 1. The Hall–Kier alpha value is -1.49. The van der Waals surface area contributed by atoms with E-state index in [-0.39, 0.29) is 36.4 Å². The summed E-state index contributed by atoms with van der Waals surface area (Å²) in [4.78, 5) is 18.4. The van der Waals surface area contributed by atoms with Crippen molar-refractivity contribution in [3.05, 3.63) is 46.6 Å². The van der Waals surface area contributed by atoms with Crippen molar-refractivity contribution in [1.82, 2.24) is 20.1 Å². The molecular formula is C17H25BrIN5O2. The fourth-order valence-electron chi connectivity index (χ4n) is 2.31. The first kappa shape index (κ1) is 22.6. The number of aliphatic imine (C=N–C) groups is 1. The number of nitrogens with zero attached hydrogens (tertiary/aromatic N) is 3. The van der Waals surface area contributed by atoms with Crippen molar-refractivity contribution >= 4 is 51.8 Å². The Morgan fingerprint density at radius 3 is 2.77 bits per heavy atom. The molecule has 2 N–H and O–H groups in total. The number of rotatable bonds is 7. The Balaban J connectivity index is 0.00000338. The first-order valence-electron chi connectivity index (χ1n) is 8.09. The average Bonchev–Trinajstić information content (AvgIpc) is 3.19. The number of nitrogens with one attached hydrogen (secondary N) is 2. The van der Waals surface area contributed by atoms with Crippen molar-refractivity contribution in [1.29, 1.82) is 0 Å². The van der Waals surface area contributed by atoms with Gasteiger partial charge in [0.1, 0.15) is 12.3 Å². The van der Waals surface area contributed by atoms with E-state index < -0.39 is 0 Å². The molecule has 0 aliphatic heterocycles. The van der Waals surface area contributed by atoms with Crippen LogP contribution in [0.4, 0.5) is 0 Å². The Bertz CT molecular complexity index is 715. The lowest BCUT2D eigenvalue weighted by Gasteiger charge is -2.22. The minimum atomic E-state index is -0.151. The number of furan rings is 1. The monoisotopic (exact) mass is 537 g/mol. The fourth-order valence-corrected chi connectivity index (χ4v) is 2.88. The van der Waals surface area contributed by atoms with E-state index in [1.54, 1.807) is 12.3 Å². The largest absolute Gasteiger partial charge is 0.467 e. The van der Waals surface area contributed by atoms with Crippen LogP contribution in [-0.4, -0.2) is 41.5 Å². The van der Waals surface area contributed by atoms with Gasteiger partial charge in [0.15, 0.2) is 5.96 Å². The molecule has 2 rings (SSSR count). The Kier molecular flexibility index (Phi) is 9.78. The summed E-state index contributed by atoms with van der Waals surface area (Å²) in [5.41, 5.74) is 1.14. The molecule has 0 bridgehead atoms. The molecule has 144 valence electrons. The molecule has 0 aliphatic carbocycles. The van der Waals surface area contributed by atoms with Crippen LogP contribution in [-0.2, 0) is 24.9 Å². The van der Waals surface area contributed by atoms with Crippen molar-refractivity contribution < 1.29 is 9.21 Å². The molecule has 0 radical (unpaired) electrons. The normalized spacial score (nSPS) is 11.0. The second-order valence-corrected chi connectivity index (χ2v) is 6.56. The summed E-state index contributed by atoms with van der Waals surface area (Å²) in [7, 11) is 3.95. The first-order valence-corrected chi connectivity index (χ1v) is 8.88. The molecule has 0 spiro atoms. The van der Waals surface area contributed by atoms with Crippen LogP contribution in [0.2, 0.25) is 0 Å². The molecule has 2 aromatic heterocycles. The summed E-state index contributed by atoms with van der Waals surface area (Å²) in [6.07, 6.45) is 3.59. The smallest absolute Gasteiger partial charge is 0.242 e. The predicted octanol–water partition coefficient (Wildman–Crippen LogP) is 2.71. The Morgan fingerprint density at radius 1 is 1.42 bits per heavy atom. The lowest BCUT2D eigenvalue weighted by molar-refractivity contribution is -0.119. The molecule has 0 saturated heterocycles. The van der Waals surface area contributed by atoms with Gasteiger partial charge in [-0.1, -0.05) is 0 Å². The van der Waals surface area contributed by atoms with Gasteiger partial charge in [0.25, 0.3) is 0 Å². The number of carbonyl (C=O) groups is 1. The van der Waals surface area contributed by atoms with Crippen molar-refractivity contribution in [3.8, 4) is 0 Å². The third-order valence-electron chi connectivity index (χ3n) is 3.58. The highest BCUT2D eigenvalue weighted by atomic mass is 127. The molecule has 26 heavy (non-hydrogen) atoms. The second kappa shape index (κ2) is 11.3. The highest BCUT2D eigenvalue weighted by Crippen LogP contribution is 2.14. The van der Waals surface area contributed by atoms with Crippen LogP contribution in [0, 0.1) is 0 Å². The van der Waals surface area contributed by atoms with Crippen LogP contribution >= 0.6 is 39.9 Å².